The van der Waals surface area contributed by atoms with Gasteiger partial charge in [-0.3, -0.25) is 4.79 Å². The molecule has 2 rings (SSSR count). The number of carbonyl (C=O) groups excluding carboxylic acids is 1. The van der Waals surface area contributed by atoms with E-state index < -0.39 is 10.0 Å². The van der Waals surface area contributed by atoms with Gasteiger partial charge >= 0.3 is 0 Å². The highest BCUT2D eigenvalue weighted by atomic mass is 32.2. The van der Waals surface area contributed by atoms with E-state index in [1.165, 1.54) is 10.4 Å². The highest BCUT2D eigenvalue weighted by Gasteiger charge is 2.20. The highest BCUT2D eigenvalue weighted by Crippen LogP contribution is 2.17. The second kappa shape index (κ2) is 9.12. The van der Waals surface area contributed by atoms with Crippen molar-refractivity contribution in [3.05, 3.63) is 58.3 Å². The van der Waals surface area contributed by atoms with E-state index in [0.29, 0.717) is 19.6 Å². The standard InChI is InChI=1S/C19H24N2O3S2/c1-4-21(5-2)26(23,24)18-11-8-16(9-12-18)10-13-19(22)20(3)15-17-7-6-14-25-17/h6-14H,4-5,15H2,1-3H3/b13-10+. The topological polar surface area (TPSA) is 57.7 Å². The molecule has 0 N–H and O–H groups in total. The lowest BCUT2D eigenvalue weighted by atomic mass is 10.2. The minimum atomic E-state index is -3.46. The van der Waals surface area contributed by atoms with Gasteiger partial charge in [-0.05, 0) is 35.2 Å². The maximum absolute atomic E-state index is 12.5. The molecule has 0 bridgehead atoms. The summed E-state index contributed by atoms with van der Waals surface area (Å²) in [5.41, 5.74) is 0.779. The fraction of sp³-hybridized carbons (Fsp3) is 0.316. The third-order valence-corrected chi connectivity index (χ3v) is 6.92. The molecule has 5 nitrogen and oxygen atoms in total. The molecule has 1 aromatic carbocycles. The molecule has 1 amide bonds. The zero-order valence-corrected chi connectivity index (χ0v) is 16.9. The molecule has 0 spiro atoms. The maximum atomic E-state index is 12.5. The molecule has 1 aromatic heterocycles. The predicted octanol–water partition coefficient (Wildman–Crippen LogP) is 3.45. The van der Waals surface area contributed by atoms with Gasteiger partial charge in [0.25, 0.3) is 0 Å². The van der Waals surface area contributed by atoms with Gasteiger partial charge in [0.15, 0.2) is 0 Å². The van der Waals surface area contributed by atoms with Crippen LogP contribution in [0.4, 0.5) is 0 Å². The number of nitrogens with zero attached hydrogens (tertiary/aromatic N) is 2. The van der Waals surface area contributed by atoms with Crippen LogP contribution >= 0.6 is 11.3 Å². The minimum absolute atomic E-state index is 0.0989. The molecule has 0 radical (unpaired) electrons. The van der Waals surface area contributed by atoms with Crippen molar-refractivity contribution in [1.29, 1.82) is 0 Å². The molecule has 7 heteroatoms. The molecule has 0 aliphatic heterocycles. The average molecular weight is 393 g/mol. The van der Waals surface area contributed by atoms with Gasteiger partial charge in [0.05, 0.1) is 11.4 Å². The van der Waals surface area contributed by atoms with Crippen molar-refractivity contribution in [1.82, 2.24) is 9.21 Å². The minimum Gasteiger partial charge on any atom is -0.337 e. The zero-order chi connectivity index (χ0) is 19.2. The van der Waals surface area contributed by atoms with Gasteiger partial charge in [0, 0.05) is 31.1 Å². The van der Waals surface area contributed by atoms with Crippen molar-refractivity contribution in [2.24, 2.45) is 0 Å². The van der Waals surface area contributed by atoms with Crippen LogP contribution in [0.5, 0.6) is 0 Å². The number of rotatable bonds is 8. The van der Waals surface area contributed by atoms with E-state index in [2.05, 4.69) is 0 Å². The molecule has 26 heavy (non-hydrogen) atoms. The lowest BCUT2D eigenvalue weighted by Gasteiger charge is -2.18. The van der Waals surface area contributed by atoms with Gasteiger partial charge in [0.1, 0.15) is 0 Å². The summed E-state index contributed by atoms with van der Waals surface area (Å²) in [5, 5.41) is 1.98. The van der Waals surface area contributed by atoms with Crippen molar-refractivity contribution >= 4 is 33.3 Å². The van der Waals surface area contributed by atoms with Crippen LogP contribution in [0.2, 0.25) is 0 Å². The average Bonchev–Trinajstić information content (AvgIpc) is 3.13. The molecule has 0 atom stereocenters. The first kappa shape index (κ1) is 20.4. The number of carbonyl (C=O) groups is 1. The van der Waals surface area contributed by atoms with Crippen LogP contribution in [-0.2, 0) is 21.4 Å². The van der Waals surface area contributed by atoms with Gasteiger partial charge in [-0.25, -0.2) is 8.42 Å². The third-order valence-electron chi connectivity index (χ3n) is 3.99. The van der Waals surface area contributed by atoms with Crippen molar-refractivity contribution in [3.8, 4) is 0 Å². The largest absolute Gasteiger partial charge is 0.337 e. The van der Waals surface area contributed by atoms with E-state index in [1.807, 2.05) is 31.4 Å². The SMILES string of the molecule is CCN(CC)S(=O)(=O)c1ccc(/C=C/C(=O)N(C)Cc2cccs2)cc1. The van der Waals surface area contributed by atoms with E-state index in [4.69, 9.17) is 0 Å². The molecule has 1 heterocycles. The number of hydrogen-bond donors (Lipinski definition) is 0. The van der Waals surface area contributed by atoms with Crippen LogP contribution in [0, 0.1) is 0 Å². The van der Waals surface area contributed by atoms with Gasteiger partial charge in [-0.15, -0.1) is 11.3 Å². The fourth-order valence-electron chi connectivity index (χ4n) is 2.47. The second-order valence-electron chi connectivity index (χ2n) is 5.77. The van der Waals surface area contributed by atoms with E-state index in [9.17, 15) is 13.2 Å². The fourth-order valence-corrected chi connectivity index (χ4v) is 4.69. The van der Waals surface area contributed by atoms with Crippen molar-refractivity contribution < 1.29 is 13.2 Å². The predicted molar refractivity (Wildman–Crippen MR) is 106 cm³/mol. The van der Waals surface area contributed by atoms with Crippen molar-refractivity contribution in [2.75, 3.05) is 20.1 Å². The van der Waals surface area contributed by atoms with E-state index in [0.717, 1.165) is 10.4 Å². The molecule has 0 aliphatic carbocycles. The summed E-state index contributed by atoms with van der Waals surface area (Å²) in [7, 11) is -1.70. The Kier molecular flexibility index (Phi) is 7.14. The Balaban J connectivity index is 2.04. The lowest BCUT2D eigenvalue weighted by Crippen LogP contribution is -2.30. The second-order valence-corrected chi connectivity index (χ2v) is 8.74. The van der Waals surface area contributed by atoms with Crippen molar-refractivity contribution in [3.63, 3.8) is 0 Å². The molecular formula is C19H24N2O3S2. The number of sulfonamides is 1. The lowest BCUT2D eigenvalue weighted by molar-refractivity contribution is -0.125. The molecule has 140 valence electrons. The molecule has 0 aliphatic rings. The number of amides is 1. The van der Waals surface area contributed by atoms with Crippen LogP contribution in [0.25, 0.3) is 6.08 Å². The summed E-state index contributed by atoms with van der Waals surface area (Å²) >= 11 is 1.61. The first-order chi connectivity index (χ1) is 12.4. The molecule has 0 unspecified atom stereocenters. The number of thiophene rings is 1. The zero-order valence-electron chi connectivity index (χ0n) is 15.3. The van der Waals surface area contributed by atoms with Gasteiger partial charge < -0.3 is 4.90 Å². The van der Waals surface area contributed by atoms with Crippen LogP contribution in [0.3, 0.4) is 0 Å². The third kappa shape index (κ3) is 5.03. The van der Waals surface area contributed by atoms with Gasteiger partial charge in [0.2, 0.25) is 15.9 Å². The molecule has 0 saturated carbocycles. The first-order valence-corrected chi connectivity index (χ1v) is 10.8. The Bertz CT molecular complexity index is 837. The number of benzene rings is 1. The number of hydrogen-bond acceptors (Lipinski definition) is 4. The van der Waals surface area contributed by atoms with Crippen molar-refractivity contribution in [2.45, 2.75) is 25.3 Å². The summed E-state index contributed by atoms with van der Waals surface area (Å²) in [6.45, 7) is 5.08. The Hall–Kier alpha value is -1.96. The Morgan fingerprint density at radius 3 is 2.31 bits per heavy atom. The van der Waals surface area contributed by atoms with Crippen LogP contribution in [0.1, 0.15) is 24.3 Å². The van der Waals surface area contributed by atoms with E-state index in [-0.39, 0.29) is 10.8 Å². The Morgan fingerprint density at radius 2 is 1.77 bits per heavy atom. The summed E-state index contributed by atoms with van der Waals surface area (Å²) in [5.74, 6) is -0.0989. The van der Waals surface area contributed by atoms with Crippen LogP contribution < -0.4 is 0 Å². The summed E-state index contributed by atoms with van der Waals surface area (Å²) < 4.78 is 26.3. The molecule has 0 fully saturated rings. The maximum Gasteiger partial charge on any atom is 0.246 e. The number of likely N-dealkylation sites (N-methyl/N-ethyl adjacent to an activating group) is 1. The molecule has 2 aromatic rings. The normalized spacial score (nSPS) is 12.0. The Labute approximate surface area is 159 Å². The Morgan fingerprint density at radius 1 is 1.12 bits per heavy atom. The summed E-state index contributed by atoms with van der Waals surface area (Å²) in [6, 6.07) is 10.5. The van der Waals surface area contributed by atoms with E-state index in [1.54, 1.807) is 53.6 Å². The van der Waals surface area contributed by atoms with Gasteiger partial charge in [-0.1, -0.05) is 32.0 Å². The van der Waals surface area contributed by atoms with Crippen LogP contribution in [-0.4, -0.2) is 43.7 Å². The molecular weight excluding hydrogens is 368 g/mol. The molecule has 0 saturated heterocycles. The highest BCUT2D eigenvalue weighted by molar-refractivity contribution is 7.89. The first-order valence-electron chi connectivity index (χ1n) is 8.44. The summed E-state index contributed by atoms with van der Waals surface area (Å²) in [6.07, 6.45) is 3.20. The van der Waals surface area contributed by atoms with E-state index >= 15 is 0 Å². The van der Waals surface area contributed by atoms with Gasteiger partial charge in [-0.2, -0.15) is 4.31 Å². The summed E-state index contributed by atoms with van der Waals surface area (Å²) in [4.78, 5) is 15.2. The monoisotopic (exact) mass is 392 g/mol. The quantitative estimate of drug-likeness (QED) is 0.647. The van der Waals surface area contributed by atoms with Crippen LogP contribution in [0.15, 0.2) is 52.7 Å². The smallest absolute Gasteiger partial charge is 0.246 e.